The molecule has 0 spiro atoms. The van der Waals surface area contributed by atoms with E-state index in [1.807, 2.05) is 0 Å². The molecule has 0 saturated carbocycles. The van der Waals surface area contributed by atoms with Crippen LogP contribution in [0.3, 0.4) is 0 Å². The zero-order valence-electron chi connectivity index (χ0n) is 22.1. The first-order valence-electron chi connectivity index (χ1n) is 12.5. The molecule has 2 N–H and O–H groups in total. The minimum absolute atomic E-state index is 0.0544. The summed E-state index contributed by atoms with van der Waals surface area (Å²) < 4.78 is 43.3. The lowest BCUT2D eigenvalue weighted by atomic mass is 9.99. The van der Waals surface area contributed by atoms with E-state index in [1.54, 1.807) is 18.7 Å². The topological polar surface area (TPSA) is 119 Å². The number of ether oxygens (including phenoxy) is 1. The van der Waals surface area contributed by atoms with Gasteiger partial charge in [-0.2, -0.15) is 13.2 Å². The monoisotopic (exact) mass is 576 g/mol. The maximum absolute atomic E-state index is 13.8. The van der Waals surface area contributed by atoms with Gasteiger partial charge in [0.05, 0.1) is 22.3 Å². The number of nitrogens with zero attached hydrogens (tertiary/aromatic N) is 3. The van der Waals surface area contributed by atoms with Crippen LogP contribution in [0, 0.1) is 0 Å². The minimum Gasteiger partial charge on any atom is -0.476 e. The van der Waals surface area contributed by atoms with E-state index in [2.05, 4.69) is 5.32 Å². The van der Waals surface area contributed by atoms with Crippen LogP contribution in [0.5, 0.6) is 5.75 Å². The van der Waals surface area contributed by atoms with Crippen molar-refractivity contribution in [3.05, 3.63) is 22.7 Å². The number of rotatable bonds is 7. The van der Waals surface area contributed by atoms with Gasteiger partial charge in [0, 0.05) is 38.3 Å². The molecular formula is C25H32ClF3N4O6. The third-order valence-electron chi connectivity index (χ3n) is 6.56. The number of halogens is 4. The highest BCUT2D eigenvalue weighted by molar-refractivity contribution is 6.34. The standard InChI is InChI=1S/C25H32ClF3N4O6/c1-14(2)33(15-6-5-8-31(13-15)23(37)38)21(35)16-10-18-19(11-17(16)26)39-24(3,4)22(36)32(18)9-7-30-20(34)12-25(27,28)29/h10-11,14-15H,5-9,12-13H2,1-4H3,(H,30,34)(H,37,38)/t15-/m1/s1. The summed E-state index contributed by atoms with van der Waals surface area (Å²) in [5.74, 6) is -2.03. The van der Waals surface area contributed by atoms with E-state index in [0.29, 0.717) is 19.4 Å². The van der Waals surface area contributed by atoms with Crippen molar-refractivity contribution in [1.82, 2.24) is 15.1 Å². The first kappa shape index (κ1) is 30.3. The van der Waals surface area contributed by atoms with Gasteiger partial charge in [0.15, 0.2) is 5.60 Å². The van der Waals surface area contributed by atoms with Gasteiger partial charge in [-0.25, -0.2) is 4.79 Å². The molecule has 2 heterocycles. The van der Waals surface area contributed by atoms with Crippen molar-refractivity contribution in [3.8, 4) is 5.75 Å². The molecule has 0 unspecified atom stereocenters. The van der Waals surface area contributed by atoms with E-state index >= 15 is 0 Å². The average Bonchev–Trinajstić information content (AvgIpc) is 2.80. The van der Waals surface area contributed by atoms with E-state index < -0.39 is 48.1 Å². The zero-order valence-corrected chi connectivity index (χ0v) is 22.9. The molecular weight excluding hydrogens is 545 g/mol. The van der Waals surface area contributed by atoms with Crippen molar-refractivity contribution in [2.45, 2.75) is 70.8 Å². The zero-order chi connectivity index (χ0) is 29.3. The Kier molecular flexibility index (Phi) is 8.93. The lowest BCUT2D eigenvalue weighted by Crippen LogP contribution is -2.54. The van der Waals surface area contributed by atoms with Gasteiger partial charge in [0.25, 0.3) is 11.8 Å². The van der Waals surface area contributed by atoms with E-state index in [4.69, 9.17) is 16.3 Å². The Labute approximate surface area is 229 Å². The molecule has 1 saturated heterocycles. The lowest BCUT2D eigenvalue weighted by Gasteiger charge is -2.41. The third-order valence-corrected chi connectivity index (χ3v) is 6.88. The van der Waals surface area contributed by atoms with Crippen LogP contribution in [0.25, 0.3) is 0 Å². The van der Waals surface area contributed by atoms with E-state index in [1.165, 1.54) is 35.8 Å². The smallest absolute Gasteiger partial charge is 0.407 e. The fraction of sp³-hybridized carbons (Fsp3) is 0.600. The number of carbonyl (C=O) groups is 4. The number of hydrogen-bond donors (Lipinski definition) is 2. The van der Waals surface area contributed by atoms with Crippen LogP contribution in [-0.2, 0) is 9.59 Å². The third kappa shape index (κ3) is 7.06. The summed E-state index contributed by atoms with van der Waals surface area (Å²) in [5.41, 5.74) is -1.11. The van der Waals surface area contributed by atoms with Crippen molar-refractivity contribution in [1.29, 1.82) is 0 Å². The van der Waals surface area contributed by atoms with Crippen LogP contribution in [-0.4, -0.2) is 88.8 Å². The Morgan fingerprint density at radius 2 is 1.95 bits per heavy atom. The molecule has 2 aliphatic heterocycles. The van der Waals surface area contributed by atoms with E-state index in [-0.39, 0.29) is 47.7 Å². The normalized spacial score (nSPS) is 18.9. The first-order chi connectivity index (χ1) is 18.0. The largest absolute Gasteiger partial charge is 0.476 e. The number of carbonyl (C=O) groups excluding carboxylic acids is 3. The number of fused-ring (bicyclic) bond motifs is 1. The fourth-order valence-electron chi connectivity index (χ4n) is 4.84. The van der Waals surface area contributed by atoms with Crippen molar-refractivity contribution in [2.24, 2.45) is 0 Å². The number of benzene rings is 1. The Hall–Kier alpha value is -3.22. The molecule has 0 aliphatic carbocycles. The maximum Gasteiger partial charge on any atom is 0.407 e. The predicted octanol–water partition coefficient (Wildman–Crippen LogP) is 3.91. The van der Waals surface area contributed by atoms with Crippen molar-refractivity contribution in [3.63, 3.8) is 0 Å². The molecule has 0 aromatic heterocycles. The highest BCUT2D eigenvalue weighted by Gasteiger charge is 2.42. The summed E-state index contributed by atoms with van der Waals surface area (Å²) in [6, 6.07) is 2.08. The van der Waals surface area contributed by atoms with Crippen LogP contribution in [0.15, 0.2) is 12.1 Å². The predicted molar refractivity (Wildman–Crippen MR) is 136 cm³/mol. The SMILES string of the molecule is CC(C)N(C(=O)c1cc2c(cc1Cl)OC(C)(C)C(=O)N2CCNC(=O)CC(F)(F)F)[C@@H]1CCCN(C(=O)O)C1. The maximum atomic E-state index is 13.8. The highest BCUT2D eigenvalue weighted by atomic mass is 35.5. The van der Waals surface area contributed by atoms with Gasteiger partial charge in [0.2, 0.25) is 5.91 Å². The second-order valence-corrected chi connectivity index (χ2v) is 10.7. The van der Waals surface area contributed by atoms with Gasteiger partial charge in [-0.05, 0) is 46.6 Å². The number of alkyl halides is 3. The van der Waals surface area contributed by atoms with Gasteiger partial charge in [0.1, 0.15) is 12.2 Å². The summed E-state index contributed by atoms with van der Waals surface area (Å²) in [6.45, 7) is 6.69. The van der Waals surface area contributed by atoms with Crippen LogP contribution >= 0.6 is 11.6 Å². The van der Waals surface area contributed by atoms with E-state index in [0.717, 1.165) is 0 Å². The summed E-state index contributed by atoms with van der Waals surface area (Å²) in [5, 5.41) is 11.6. The summed E-state index contributed by atoms with van der Waals surface area (Å²) >= 11 is 6.51. The Bertz CT molecular complexity index is 1140. The Morgan fingerprint density at radius 3 is 2.54 bits per heavy atom. The first-order valence-corrected chi connectivity index (χ1v) is 12.9. The molecule has 1 aromatic carbocycles. The number of piperidine rings is 1. The van der Waals surface area contributed by atoms with Crippen LogP contribution < -0.4 is 15.0 Å². The summed E-state index contributed by atoms with van der Waals surface area (Å²) in [4.78, 5) is 54.2. The number of likely N-dealkylation sites (tertiary alicyclic amines) is 1. The molecule has 39 heavy (non-hydrogen) atoms. The molecule has 4 amide bonds. The number of anilines is 1. The molecule has 216 valence electrons. The molecule has 0 radical (unpaired) electrons. The number of hydrogen-bond acceptors (Lipinski definition) is 5. The van der Waals surface area contributed by atoms with Gasteiger partial charge in [-0.1, -0.05) is 11.6 Å². The quantitative estimate of drug-likeness (QED) is 0.508. The molecule has 2 aliphatic rings. The number of carboxylic acid groups (broad SMARTS) is 1. The minimum atomic E-state index is -4.67. The molecule has 10 nitrogen and oxygen atoms in total. The van der Waals surface area contributed by atoms with Crippen LogP contribution in [0.1, 0.15) is 57.3 Å². The lowest BCUT2D eigenvalue weighted by molar-refractivity contribution is -0.153. The molecule has 14 heteroatoms. The van der Waals surface area contributed by atoms with Crippen molar-refractivity contribution in [2.75, 3.05) is 31.1 Å². The van der Waals surface area contributed by atoms with Crippen molar-refractivity contribution < 1.29 is 42.2 Å². The van der Waals surface area contributed by atoms with Gasteiger partial charge in [-0.3, -0.25) is 14.4 Å². The fourth-order valence-corrected chi connectivity index (χ4v) is 5.08. The van der Waals surface area contributed by atoms with Gasteiger partial charge < -0.3 is 29.9 Å². The second kappa shape index (κ2) is 11.5. The molecule has 1 aromatic rings. The summed E-state index contributed by atoms with van der Waals surface area (Å²) in [7, 11) is 0. The van der Waals surface area contributed by atoms with Gasteiger partial charge >= 0.3 is 12.3 Å². The van der Waals surface area contributed by atoms with E-state index in [9.17, 15) is 37.5 Å². The molecule has 0 bridgehead atoms. The van der Waals surface area contributed by atoms with Crippen LogP contribution in [0.4, 0.5) is 23.7 Å². The number of nitrogens with one attached hydrogen (secondary N) is 1. The highest BCUT2D eigenvalue weighted by Crippen LogP contribution is 2.41. The van der Waals surface area contributed by atoms with Gasteiger partial charge in [-0.15, -0.1) is 0 Å². The Balaban J connectivity index is 1.91. The molecule has 1 atom stereocenters. The molecule has 3 rings (SSSR count). The molecule has 1 fully saturated rings. The van der Waals surface area contributed by atoms with Crippen LogP contribution in [0.2, 0.25) is 5.02 Å². The summed E-state index contributed by atoms with van der Waals surface area (Å²) in [6.07, 6.45) is -6.21. The van der Waals surface area contributed by atoms with Crippen molar-refractivity contribution >= 4 is 41.1 Å². The second-order valence-electron chi connectivity index (χ2n) is 10.3. The average molecular weight is 577 g/mol. The Morgan fingerprint density at radius 1 is 1.28 bits per heavy atom. The number of amides is 4.